The highest BCUT2D eigenvalue weighted by Crippen LogP contribution is 2.14. The standard InChI is InChI=1S/C12H12N2O4S2/c1-8-13-6-10(19-8)7-14-20(17,18)11-4-2-9(3-5-11)12(15)16/h2-6,14H,7H2,1H3,(H,15,16). The summed E-state index contributed by atoms with van der Waals surface area (Å²) in [6.45, 7) is 2.00. The van der Waals surface area contributed by atoms with Crippen molar-refractivity contribution in [3.8, 4) is 0 Å². The number of rotatable bonds is 5. The number of benzene rings is 1. The maximum absolute atomic E-state index is 12.0. The monoisotopic (exact) mass is 312 g/mol. The molecule has 0 aliphatic rings. The molecule has 2 rings (SSSR count). The number of aryl methyl sites for hydroxylation is 1. The number of nitrogens with one attached hydrogen (secondary N) is 1. The van der Waals surface area contributed by atoms with Crippen molar-refractivity contribution in [2.45, 2.75) is 18.4 Å². The van der Waals surface area contributed by atoms with Gasteiger partial charge in [-0.15, -0.1) is 11.3 Å². The van der Waals surface area contributed by atoms with Crippen LogP contribution in [-0.2, 0) is 16.6 Å². The molecule has 0 saturated carbocycles. The fourth-order valence-corrected chi connectivity index (χ4v) is 3.35. The first-order valence-electron chi connectivity index (χ1n) is 5.63. The lowest BCUT2D eigenvalue weighted by Gasteiger charge is -2.05. The van der Waals surface area contributed by atoms with Gasteiger partial charge in [-0.05, 0) is 31.2 Å². The fourth-order valence-electron chi connectivity index (χ4n) is 1.51. The summed E-state index contributed by atoms with van der Waals surface area (Å²) in [5.41, 5.74) is 0.0435. The van der Waals surface area contributed by atoms with Gasteiger partial charge < -0.3 is 5.11 Å². The van der Waals surface area contributed by atoms with E-state index < -0.39 is 16.0 Å². The zero-order valence-electron chi connectivity index (χ0n) is 10.5. The Bertz CT molecular complexity index is 720. The molecular weight excluding hydrogens is 300 g/mol. The molecule has 0 aliphatic carbocycles. The van der Waals surface area contributed by atoms with Crippen LogP contribution in [0.25, 0.3) is 0 Å². The topological polar surface area (TPSA) is 96.4 Å². The van der Waals surface area contributed by atoms with Crippen LogP contribution >= 0.6 is 11.3 Å². The van der Waals surface area contributed by atoms with Crippen molar-refractivity contribution in [3.05, 3.63) is 45.9 Å². The average molecular weight is 312 g/mol. The van der Waals surface area contributed by atoms with Gasteiger partial charge in [0.25, 0.3) is 0 Å². The van der Waals surface area contributed by atoms with E-state index >= 15 is 0 Å². The molecule has 0 bridgehead atoms. The minimum Gasteiger partial charge on any atom is -0.478 e. The molecule has 0 spiro atoms. The van der Waals surface area contributed by atoms with E-state index in [-0.39, 0.29) is 17.0 Å². The maximum atomic E-state index is 12.0. The van der Waals surface area contributed by atoms with E-state index in [1.807, 2.05) is 6.92 Å². The molecule has 2 aromatic rings. The molecule has 0 fully saturated rings. The normalized spacial score (nSPS) is 11.4. The van der Waals surface area contributed by atoms with Crippen LogP contribution in [0.2, 0.25) is 0 Å². The predicted molar refractivity (Wildman–Crippen MR) is 74.3 cm³/mol. The molecule has 106 valence electrons. The summed E-state index contributed by atoms with van der Waals surface area (Å²) < 4.78 is 26.5. The number of aromatic nitrogens is 1. The van der Waals surface area contributed by atoms with Crippen LogP contribution in [0.5, 0.6) is 0 Å². The molecule has 1 heterocycles. The lowest BCUT2D eigenvalue weighted by molar-refractivity contribution is 0.0696. The zero-order chi connectivity index (χ0) is 14.8. The number of aromatic carboxylic acids is 1. The summed E-state index contributed by atoms with van der Waals surface area (Å²) in [6, 6.07) is 5.05. The molecular formula is C12H12N2O4S2. The Kier molecular flexibility index (Phi) is 4.17. The third-order valence-corrected chi connectivity index (χ3v) is 4.85. The second-order valence-corrected chi connectivity index (χ2v) is 7.09. The van der Waals surface area contributed by atoms with E-state index in [0.717, 1.165) is 9.88 Å². The molecule has 0 atom stereocenters. The van der Waals surface area contributed by atoms with Crippen LogP contribution < -0.4 is 4.72 Å². The zero-order valence-corrected chi connectivity index (χ0v) is 12.2. The van der Waals surface area contributed by atoms with E-state index in [2.05, 4.69) is 9.71 Å². The van der Waals surface area contributed by atoms with Crippen molar-refractivity contribution in [1.29, 1.82) is 0 Å². The first kappa shape index (κ1) is 14.6. The van der Waals surface area contributed by atoms with Crippen molar-refractivity contribution in [2.75, 3.05) is 0 Å². The van der Waals surface area contributed by atoms with Crippen molar-refractivity contribution in [2.24, 2.45) is 0 Å². The van der Waals surface area contributed by atoms with Gasteiger partial charge in [0.15, 0.2) is 0 Å². The molecule has 2 N–H and O–H groups in total. The van der Waals surface area contributed by atoms with Gasteiger partial charge in [-0.1, -0.05) is 0 Å². The van der Waals surface area contributed by atoms with Crippen molar-refractivity contribution in [1.82, 2.24) is 9.71 Å². The lowest BCUT2D eigenvalue weighted by atomic mass is 10.2. The van der Waals surface area contributed by atoms with Gasteiger partial charge in [-0.25, -0.2) is 22.9 Å². The lowest BCUT2D eigenvalue weighted by Crippen LogP contribution is -2.22. The first-order chi connectivity index (χ1) is 9.38. The Labute approximate surface area is 120 Å². The molecule has 8 heteroatoms. The highest BCUT2D eigenvalue weighted by molar-refractivity contribution is 7.89. The summed E-state index contributed by atoms with van der Waals surface area (Å²) in [5.74, 6) is -1.10. The molecule has 0 saturated heterocycles. The minimum absolute atomic E-state index is 0.0312. The second-order valence-electron chi connectivity index (χ2n) is 4.00. The molecule has 0 unspecified atom stereocenters. The number of sulfonamides is 1. The van der Waals surface area contributed by atoms with Crippen LogP contribution in [0, 0.1) is 6.92 Å². The Morgan fingerprint density at radius 2 is 2.00 bits per heavy atom. The number of carboxylic acid groups (broad SMARTS) is 1. The fraction of sp³-hybridized carbons (Fsp3) is 0.167. The number of hydrogen-bond donors (Lipinski definition) is 2. The molecule has 1 aromatic carbocycles. The number of nitrogens with zero attached hydrogens (tertiary/aromatic N) is 1. The summed E-state index contributed by atoms with van der Waals surface area (Å²) >= 11 is 1.41. The van der Waals surface area contributed by atoms with Crippen LogP contribution in [0.4, 0.5) is 0 Å². The van der Waals surface area contributed by atoms with Gasteiger partial charge in [0, 0.05) is 17.6 Å². The van der Waals surface area contributed by atoms with Crippen LogP contribution in [-0.4, -0.2) is 24.5 Å². The van der Waals surface area contributed by atoms with E-state index in [0.29, 0.717) is 0 Å². The molecule has 6 nitrogen and oxygen atoms in total. The van der Waals surface area contributed by atoms with Crippen LogP contribution in [0.15, 0.2) is 35.4 Å². The Morgan fingerprint density at radius 1 is 1.35 bits per heavy atom. The molecule has 0 amide bonds. The third kappa shape index (κ3) is 3.41. The van der Waals surface area contributed by atoms with Gasteiger partial charge in [-0.3, -0.25) is 0 Å². The summed E-state index contributed by atoms with van der Waals surface area (Å²) in [5, 5.41) is 9.63. The molecule has 1 aromatic heterocycles. The predicted octanol–water partition coefficient (Wildman–Crippen LogP) is 1.63. The SMILES string of the molecule is Cc1ncc(CNS(=O)(=O)c2ccc(C(=O)O)cc2)s1. The second kappa shape index (κ2) is 5.70. The van der Waals surface area contributed by atoms with Gasteiger partial charge in [0.2, 0.25) is 10.0 Å². The maximum Gasteiger partial charge on any atom is 0.335 e. The highest BCUT2D eigenvalue weighted by atomic mass is 32.2. The Hall–Kier alpha value is -1.77. The third-order valence-electron chi connectivity index (χ3n) is 2.52. The van der Waals surface area contributed by atoms with Gasteiger partial charge in [0.1, 0.15) is 0 Å². The van der Waals surface area contributed by atoms with Gasteiger partial charge in [-0.2, -0.15) is 0 Å². The average Bonchev–Trinajstić information content (AvgIpc) is 2.82. The van der Waals surface area contributed by atoms with E-state index in [1.54, 1.807) is 6.20 Å². The summed E-state index contributed by atoms with van der Waals surface area (Å²) in [7, 11) is -3.66. The smallest absolute Gasteiger partial charge is 0.335 e. The first-order valence-corrected chi connectivity index (χ1v) is 7.93. The van der Waals surface area contributed by atoms with E-state index in [9.17, 15) is 13.2 Å². The van der Waals surface area contributed by atoms with Gasteiger partial charge in [0.05, 0.1) is 15.5 Å². The molecule has 0 aliphatic heterocycles. The Balaban J connectivity index is 2.11. The van der Waals surface area contributed by atoms with E-state index in [4.69, 9.17) is 5.11 Å². The number of carboxylic acids is 1. The summed E-state index contributed by atoms with van der Waals surface area (Å²) in [6.07, 6.45) is 1.62. The van der Waals surface area contributed by atoms with Crippen molar-refractivity contribution >= 4 is 27.3 Å². The quantitative estimate of drug-likeness (QED) is 0.874. The number of hydrogen-bond acceptors (Lipinski definition) is 5. The number of thiazole rings is 1. The summed E-state index contributed by atoms with van der Waals surface area (Å²) in [4.78, 5) is 15.6. The molecule has 20 heavy (non-hydrogen) atoms. The minimum atomic E-state index is -3.66. The van der Waals surface area contributed by atoms with Gasteiger partial charge >= 0.3 is 5.97 Å². The highest BCUT2D eigenvalue weighted by Gasteiger charge is 2.15. The van der Waals surface area contributed by atoms with Crippen LogP contribution in [0.1, 0.15) is 20.2 Å². The largest absolute Gasteiger partial charge is 0.478 e. The van der Waals surface area contributed by atoms with Crippen molar-refractivity contribution in [3.63, 3.8) is 0 Å². The molecule has 0 radical (unpaired) electrons. The Morgan fingerprint density at radius 3 is 2.50 bits per heavy atom. The van der Waals surface area contributed by atoms with E-state index in [1.165, 1.54) is 35.6 Å². The van der Waals surface area contributed by atoms with Crippen LogP contribution in [0.3, 0.4) is 0 Å². The van der Waals surface area contributed by atoms with Crippen molar-refractivity contribution < 1.29 is 18.3 Å². The number of carbonyl (C=O) groups is 1.